The molecule has 0 saturated carbocycles. The van der Waals surface area contributed by atoms with Gasteiger partial charge in [0, 0.05) is 24.4 Å². The van der Waals surface area contributed by atoms with Crippen molar-refractivity contribution in [1.29, 1.82) is 0 Å². The van der Waals surface area contributed by atoms with E-state index >= 15 is 0 Å². The molecule has 47 heavy (non-hydrogen) atoms. The molecule has 0 radical (unpaired) electrons. The van der Waals surface area contributed by atoms with E-state index in [2.05, 4.69) is 82.7 Å². The molecule has 0 aliphatic heterocycles. The number of amides is 1. The molecule has 0 bridgehead atoms. The number of hydrogen-bond acceptors (Lipinski definition) is 4. The lowest BCUT2D eigenvalue weighted by atomic mass is 9.76. The Morgan fingerprint density at radius 3 is 1.77 bits per heavy atom. The minimum atomic E-state index is -1.40. The second-order valence-corrected chi connectivity index (χ2v) is 12.0. The Morgan fingerprint density at radius 1 is 0.766 bits per heavy atom. The summed E-state index contributed by atoms with van der Waals surface area (Å²) in [5.74, 6) is 0.276. The van der Waals surface area contributed by atoms with E-state index in [1.807, 2.05) is 74.9 Å². The van der Waals surface area contributed by atoms with Gasteiger partial charge in [-0.2, -0.15) is 0 Å². The summed E-state index contributed by atoms with van der Waals surface area (Å²) < 4.78 is 7.75. The highest BCUT2D eigenvalue weighted by molar-refractivity contribution is 5.96. The van der Waals surface area contributed by atoms with Crippen LogP contribution in [0.5, 0.6) is 5.75 Å². The standard InChI is InChI=1S/C41H39N3O3/c1-29(2)41(46,35-23-20-30(21-24-35)36-26-31(39(45)42-3)22-25-37(36)47-4)38-27-44(28-43-38)40(32-14-8-5-9-15-32,33-16-10-6-11-17-33)34-18-12-7-13-19-34/h5-29,46H,1-4H3,(H,42,45). The molecule has 0 aliphatic carbocycles. The molecule has 6 rings (SSSR count). The molecule has 1 atom stereocenters. The van der Waals surface area contributed by atoms with Crippen molar-refractivity contribution >= 4 is 5.91 Å². The minimum Gasteiger partial charge on any atom is -0.496 e. The predicted molar refractivity (Wildman–Crippen MR) is 186 cm³/mol. The second kappa shape index (κ2) is 13.1. The molecule has 5 aromatic carbocycles. The lowest BCUT2D eigenvalue weighted by Crippen LogP contribution is -2.37. The molecule has 1 amide bonds. The lowest BCUT2D eigenvalue weighted by molar-refractivity contribution is 0.0278. The first-order valence-electron chi connectivity index (χ1n) is 15.8. The first-order valence-corrected chi connectivity index (χ1v) is 15.8. The number of benzene rings is 5. The maximum Gasteiger partial charge on any atom is 0.251 e. The van der Waals surface area contributed by atoms with Crippen LogP contribution in [0.25, 0.3) is 11.1 Å². The molecule has 0 saturated heterocycles. The summed E-state index contributed by atoms with van der Waals surface area (Å²) in [4.78, 5) is 17.3. The third kappa shape index (κ3) is 5.51. The maximum absolute atomic E-state index is 12.6. The van der Waals surface area contributed by atoms with Crippen LogP contribution in [0.3, 0.4) is 0 Å². The molecule has 6 nitrogen and oxygen atoms in total. The monoisotopic (exact) mass is 621 g/mol. The fraction of sp³-hybridized carbons (Fsp3) is 0.171. The highest BCUT2D eigenvalue weighted by Crippen LogP contribution is 2.43. The van der Waals surface area contributed by atoms with Gasteiger partial charge in [0.1, 0.15) is 16.9 Å². The zero-order valence-corrected chi connectivity index (χ0v) is 27.1. The molecule has 236 valence electrons. The van der Waals surface area contributed by atoms with Crippen molar-refractivity contribution in [2.24, 2.45) is 5.92 Å². The summed E-state index contributed by atoms with van der Waals surface area (Å²) in [7, 11) is 3.22. The number of hydrogen-bond donors (Lipinski definition) is 2. The Morgan fingerprint density at radius 2 is 1.30 bits per heavy atom. The smallest absolute Gasteiger partial charge is 0.251 e. The van der Waals surface area contributed by atoms with E-state index in [9.17, 15) is 9.90 Å². The van der Waals surface area contributed by atoms with E-state index < -0.39 is 11.1 Å². The fourth-order valence-electron chi connectivity index (χ4n) is 6.59. The number of aromatic nitrogens is 2. The maximum atomic E-state index is 12.6. The van der Waals surface area contributed by atoms with Crippen LogP contribution in [-0.2, 0) is 11.1 Å². The summed E-state index contributed by atoms with van der Waals surface area (Å²) in [6.45, 7) is 4.00. The second-order valence-electron chi connectivity index (χ2n) is 12.0. The largest absolute Gasteiger partial charge is 0.496 e. The Labute approximate surface area is 276 Å². The van der Waals surface area contributed by atoms with Gasteiger partial charge in [-0.15, -0.1) is 0 Å². The summed E-state index contributed by atoms with van der Waals surface area (Å²) in [6.07, 6.45) is 3.82. The van der Waals surface area contributed by atoms with E-state index in [4.69, 9.17) is 9.72 Å². The van der Waals surface area contributed by atoms with Crippen molar-refractivity contribution in [2.45, 2.75) is 25.0 Å². The van der Waals surface area contributed by atoms with Crippen LogP contribution < -0.4 is 10.1 Å². The number of imidazole rings is 1. The van der Waals surface area contributed by atoms with E-state index in [1.54, 1.807) is 26.3 Å². The zero-order valence-electron chi connectivity index (χ0n) is 27.1. The van der Waals surface area contributed by atoms with Gasteiger partial charge in [0.05, 0.1) is 19.1 Å². The molecule has 0 spiro atoms. The van der Waals surface area contributed by atoms with Gasteiger partial charge in [-0.05, 0) is 51.9 Å². The number of ether oxygens (including phenoxy) is 1. The molecule has 0 aliphatic rings. The summed E-state index contributed by atoms with van der Waals surface area (Å²) in [6, 6.07) is 44.3. The topological polar surface area (TPSA) is 76.4 Å². The van der Waals surface area contributed by atoms with Crippen molar-refractivity contribution < 1.29 is 14.6 Å². The molecule has 0 fully saturated rings. The van der Waals surface area contributed by atoms with Crippen LogP contribution >= 0.6 is 0 Å². The zero-order chi connectivity index (χ0) is 33.0. The van der Waals surface area contributed by atoms with Crippen molar-refractivity contribution in [2.75, 3.05) is 14.2 Å². The van der Waals surface area contributed by atoms with Crippen LogP contribution in [0, 0.1) is 5.92 Å². The molecular formula is C41H39N3O3. The number of nitrogens with zero attached hydrogens (tertiary/aromatic N) is 2. The fourth-order valence-corrected chi connectivity index (χ4v) is 6.59. The van der Waals surface area contributed by atoms with E-state index in [-0.39, 0.29) is 11.8 Å². The van der Waals surface area contributed by atoms with E-state index in [1.165, 1.54) is 0 Å². The molecule has 1 unspecified atom stereocenters. The molecular weight excluding hydrogens is 582 g/mol. The van der Waals surface area contributed by atoms with Crippen molar-refractivity contribution in [3.05, 3.63) is 179 Å². The molecule has 6 aromatic rings. The van der Waals surface area contributed by atoms with Gasteiger partial charge in [-0.3, -0.25) is 4.79 Å². The number of carbonyl (C=O) groups is 1. The van der Waals surface area contributed by atoms with Gasteiger partial charge in [0.15, 0.2) is 0 Å². The third-order valence-corrected chi connectivity index (χ3v) is 9.10. The number of rotatable bonds is 10. The Balaban J connectivity index is 1.49. The van der Waals surface area contributed by atoms with Crippen molar-refractivity contribution in [3.63, 3.8) is 0 Å². The average Bonchev–Trinajstić information content (AvgIpc) is 3.63. The van der Waals surface area contributed by atoms with Gasteiger partial charge < -0.3 is 19.7 Å². The summed E-state index contributed by atoms with van der Waals surface area (Å²) in [5.41, 5.74) is 4.54. The number of methoxy groups -OCH3 is 1. The lowest BCUT2D eigenvalue weighted by Gasteiger charge is -2.37. The summed E-state index contributed by atoms with van der Waals surface area (Å²) in [5, 5.41) is 15.3. The Kier molecular flexibility index (Phi) is 8.79. The highest BCUT2D eigenvalue weighted by atomic mass is 16.5. The Bertz CT molecular complexity index is 1860. The van der Waals surface area contributed by atoms with Gasteiger partial charge >= 0.3 is 0 Å². The number of aliphatic hydroxyl groups is 1. The first kappa shape index (κ1) is 31.5. The molecule has 2 N–H and O–H groups in total. The van der Waals surface area contributed by atoms with Gasteiger partial charge in [0.25, 0.3) is 5.91 Å². The summed E-state index contributed by atoms with van der Waals surface area (Å²) >= 11 is 0. The van der Waals surface area contributed by atoms with Crippen LogP contribution in [0.1, 0.15) is 52.2 Å². The molecule has 1 aromatic heterocycles. The normalized spacial score (nSPS) is 12.8. The van der Waals surface area contributed by atoms with Crippen LogP contribution in [-0.4, -0.2) is 34.7 Å². The first-order chi connectivity index (χ1) is 22.8. The Hall–Kier alpha value is -5.46. The van der Waals surface area contributed by atoms with Crippen molar-refractivity contribution in [1.82, 2.24) is 14.9 Å². The predicted octanol–water partition coefficient (Wildman–Crippen LogP) is 7.65. The van der Waals surface area contributed by atoms with Crippen LogP contribution in [0.15, 0.2) is 146 Å². The van der Waals surface area contributed by atoms with Crippen LogP contribution in [0.4, 0.5) is 0 Å². The van der Waals surface area contributed by atoms with E-state index in [0.29, 0.717) is 22.6 Å². The molecule has 1 heterocycles. The third-order valence-electron chi connectivity index (χ3n) is 9.10. The minimum absolute atomic E-state index is 0.173. The van der Waals surface area contributed by atoms with Gasteiger partial charge in [-0.25, -0.2) is 4.98 Å². The van der Waals surface area contributed by atoms with Gasteiger partial charge in [0.2, 0.25) is 0 Å². The number of carbonyl (C=O) groups excluding carboxylic acids is 1. The average molecular weight is 622 g/mol. The SMILES string of the molecule is CNC(=O)c1ccc(OC)c(-c2ccc(C(O)(c3cn(C(c4ccccc4)(c4ccccc4)c4ccccc4)cn3)C(C)C)cc2)c1. The van der Waals surface area contributed by atoms with Crippen LogP contribution in [0.2, 0.25) is 0 Å². The molecule has 6 heteroatoms. The highest BCUT2D eigenvalue weighted by Gasteiger charge is 2.42. The van der Waals surface area contributed by atoms with E-state index in [0.717, 1.165) is 27.8 Å². The number of nitrogens with one attached hydrogen (secondary N) is 1. The van der Waals surface area contributed by atoms with Gasteiger partial charge in [-0.1, -0.05) is 129 Å². The quantitative estimate of drug-likeness (QED) is 0.154. The van der Waals surface area contributed by atoms with Crippen molar-refractivity contribution in [3.8, 4) is 16.9 Å².